The SMILES string of the molecule is Cc1ccc(C#N)cc1N1C(=O)COCC1=O. The molecule has 17 heavy (non-hydrogen) atoms. The number of amides is 2. The first-order valence-corrected chi connectivity index (χ1v) is 5.08. The molecule has 1 aliphatic rings. The van der Waals surface area contributed by atoms with Crippen LogP contribution in [0.3, 0.4) is 0 Å². The summed E-state index contributed by atoms with van der Waals surface area (Å²) in [6.45, 7) is 1.57. The van der Waals surface area contributed by atoms with Gasteiger partial charge in [0.1, 0.15) is 13.2 Å². The molecule has 0 bridgehead atoms. The number of benzene rings is 1. The Hall–Kier alpha value is -2.19. The van der Waals surface area contributed by atoms with Crippen molar-refractivity contribution >= 4 is 17.5 Å². The third kappa shape index (κ3) is 2.03. The highest BCUT2D eigenvalue weighted by Crippen LogP contribution is 2.23. The summed E-state index contributed by atoms with van der Waals surface area (Å²) in [5.41, 5.74) is 1.65. The molecule has 5 nitrogen and oxygen atoms in total. The number of hydrogen-bond acceptors (Lipinski definition) is 4. The Balaban J connectivity index is 2.48. The summed E-state index contributed by atoms with van der Waals surface area (Å²) in [5.74, 6) is -0.807. The van der Waals surface area contributed by atoms with E-state index in [0.717, 1.165) is 10.5 Å². The molecule has 0 aliphatic carbocycles. The summed E-state index contributed by atoms with van der Waals surface area (Å²) in [4.78, 5) is 24.4. The molecular weight excluding hydrogens is 220 g/mol. The van der Waals surface area contributed by atoms with Crippen molar-refractivity contribution in [2.75, 3.05) is 18.1 Å². The van der Waals surface area contributed by atoms with Crippen LogP contribution in [0.15, 0.2) is 18.2 Å². The summed E-state index contributed by atoms with van der Waals surface area (Å²) < 4.78 is 4.84. The first kappa shape index (κ1) is 11.3. The van der Waals surface area contributed by atoms with E-state index in [0.29, 0.717) is 11.3 Å². The zero-order valence-corrected chi connectivity index (χ0v) is 9.27. The van der Waals surface area contributed by atoms with E-state index in [9.17, 15) is 9.59 Å². The molecule has 1 saturated heterocycles. The molecule has 5 heteroatoms. The topological polar surface area (TPSA) is 70.4 Å². The summed E-state index contributed by atoms with van der Waals surface area (Å²) in [6.07, 6.45) is 0. The van der Waals surface area contributed by atoms with Crippen molar-refractivity contribution in [1.82, 2.24) is 0 Å². The second-order valence-corrected chi connectivity index (χ2v) is 3.73. The number of aryl methyl sites for hydroxylation is 1. The maximum Gasteiger partial charge on any atom is 0.259 e. The average molecular weight is 230 g/mol. The molecule has 0 saturated carbocycles. The van der Waals surface area contributed by atoms with Gasteiger partial charge in [0, 0.05) is 0 Å². The van der Waals surface area contributed by atoms with Crippen LogP contribution in [-0.2, 0) is 14.3 Å². The van der Waals surface area contributed by atoms with Crippen molar-refractivity contribution in [1.29, 1.82) is 5.26 Å². The Morgan fingerprint density at radius 1 is 1.29 bits per heavy atom. The third-order valence-corrected chi connectivity index (χ3v) is 2.53. The van der Waals surface area contributed by atoms with E-state index in [2.05, 4.69) is 0 Å². The molecule has 1 aromatic carbocycles. The molecule has 0 radical (unpaired) electrons. The number of nitrogens with zero attached hydrogens (tertiary/aromatic N) is 2. The van der Waals surface area contributed by atoms with Gasteiger partial charge in [0.2, 0.25) is 0 Å². The Labute approximate surface area is 98.2 Å². The zero-order valence-electron chi connectivity index (χ0n) is 9.27. The number of rotatable bonds is 1. The highest BCUT2D eigenvalue weighted by Gasteiger charge is 2.29. The standard InChI is InChI=1S/C12H10N2O3/c1-8-2-3-9(5-13)4-10(8)14-11(15)6-17-7-12(14)16/h2-4H,6-7H2,1H3. The number of carbonyl (C=O) groups is 2. The molecular formula is C12H10N2O3. The van der Waals surface area contributed by atoms with Crippen LogP contribution < -0.4 is 4.90 Å². The van der Waals surface area contributed by atoms with Crippen LogP contribution in [0.4, 0.5) is 5.69 Å². The Bertz CT molecular complexity index is 515. The lowest BCUT2D eigenvalue weighted by Crippen LogP contribution is -2.46. The van der Waals surface area contributed by atoms with Gasteiger partial charge in [-0.05, 0) is 24.6 Å². The second-order valence-electron chi connectivity index (χ2n) is 3.73. The molecule has 1 aromatic rings. The number of hydrogen-bond donors (Lipinski definition) is 0. The predicted octanol–water partition coefficient (Wildman–Crippen LogP) is 0.756. The van der Waals surface area contributed by atoms with Gasteiger partial charge in [0.05, 0.1) is 17.3 Å². The van der Waals surface area contributed by atoms with Crippen molar-refractivity contribution in [3.63, 3.8) is 0 Å². The van der Waals surface area contributed by atoms with Crippen LogP contribution >= 0.6 is 0 Å². The number of nitriles is 1. The molecule has 0 atom stereocenters. The lowest BCUT2D eigenvalue weighted by atomic mass is 10.1. The van der Waals surface area contributed by atoms with Crippen molar-refractivity contribution in [2.24, 2.45) is 0 Å². The number of anilines is 1. The van der Waals surface area contributed by atoms with Gasteiger partial charge in [-0.25, -0.2) is 4.90 Å². The first-order valence-electron chi connectivity index (χ1n) is 5.08. The smallest absolute Gasteiger partial charge is 0.259 e. The molecule has 0 N–H and O–H groups in total. The fraction of sp³-hybridized carbons (Fsp3) is 0.250. The minimum Gasteiger partial charge on any atom is -0.362 e. The summed E-state index contributed by atoms with van der Waals surface area (Å²) in [5, 5.41) is 8.82. The zero-order chi connectivity index (χ0) is 12.4. The third-order valence-electron chi connectivity index (χ3n) is 2.53. The van der Waals surface area contributed by atoms with Crippen molar-refractivity contribution < 1.29 is 14.3 Å². The van der Waals surface area contributed by atoms with Crippen LogP contribution in [0.1, 0.15) is 11.1 Å². The molecule has 0 unspecified atom stereocenters. The van der Waals surface area contributed by atoms with Gasteiger partial charge in [-0.15, -0.1) is 0 Å². The lowest BCUT2D eigenvalue weighted by molar-refractivity contribution is -0.138. The molecule has 2 rings (SSSR count). The van der Waals surface area contributed by atoms with E-state index in [1.165, 1.54) is 6.07 Å². The lowest BCUT2D eigenvalue weighted by Gasteiger charge is -2.26. The fourth-order valence-electron chi connectivity index (χ4n) is 1.68. The van der Waals surface area contributed by atoms with Crippen LogP contribution in [0.5, 0.6) is 0 Å². The molecule has 0 spiro atoms. The van der Waals surface area contributed by atoms with Crippen LogP contribution in [0.2, 0.25) is 0 Å². The Kier molecular flexibility index (Phi) is 2.90. The van der Waals surface area contributed by atoms with Gasteiger partial charge >= 0.3 is 0 Å². The normalized spacial score (nSPS) is 15.9. The first-order chi connectivity index (χ1) is 8.13. The number of imide groups is 1. The van der Waals surface area contributed by atoms with E-state index >= 15 is 0 Å². The minimum atomic E-state index is -0.403. The van der Waals surface area contributed by atoms with E-state index in [-0.39, 0.29) is 13.2 Å². The minimum absolute atomic E-state index is 0.109. The predicted molar refractivity (Wildman–Crippen MR) is 59.2 cm³/mol. The van der Waals surface area contributed by atoms with Crippen molar-refractivity contribution in [2.45, 2.75) is 6.92 Å². The van der Waals surface area contributed by atoms with Crippen molar-refractivity contribution in [3.05, 3.63) is 29.3 Å². The molecule has 1 fully saturated rings. The number of morpholine rings is 1. The van der Waals surface area contributed by atoms with Crippen LogP contribution in [-0.4, -0.2) is 25.0 Å². The van der Waals surface area contributed by atoms with Gasteiger partial charge in [-0.3, -0.25) is 9.59 Å². The van der Waals surface area contributed by atoms with E-state index < -0.39 is 11.8 Å². The number of ether oxygens (including phenoxy) is 1. The number of carbonyl (C=O) groups excluding carboxylic acids is 2. The average Bonchev–Trinajstić information content (AvgIpc) is 2.31. The van der Waals surface area contributed by atoms with Gasteiger partial charge in [0.25, 0.3) is 11.8 Å². The van der Waals surface area contributed by atoms with Gasteiger partial charge < -0.3 is 4.74 Å². The highest BCUT2D eigenvalue weighted by molar-refractivity contribution is 6.17. The van der Waals surface area contributed by atoms with Gasteiger partial charge in [-0.2, -0.15) is 5.26 Å². The molecule has 1 heterocycles. The Morgan fingerprint density at radius 3 is 2.53 bits per heavy atom. The second kappa shape index (κ2) is 4.36. The van der Waals surface area contributed by atoms with E-state index in [4.69, 9.17) is 10.00 Å². The van der Waals surface area contributed by atoms with E-state index in [1.54, 1.807) is 19.1 Å². The van der Waals surface area contributed by atoms with Crippen LogP contribution in [0, 0.1) is 18.3 Å². The van der Waals surface area contributed by atoms with Gasteiger partial charge in [0.15, 0.2) is 0 Å². The van der Waals surface area contributed by atoms with E-state index in [1.807, 2.05) is 6.07 Å². The van der Waals surface area contributed by atoms with Crippen LogP contribution in [0.25, 0.3) is 0 Å². The summed E-state index contributed by atoms with van der Waals surface area (Å²) >= 11 is 0. The largest absolute Gasteiger partial charge is 0.362 e. The molecule has 86 valence electrons. The van der Waals surface area contributed by atoms with Crippen molar-refractivity contribution in [3.8, 4) is 6.07 Å². The maximum atomic E-state index is 11.7. The Morgan fingerprint density at radius 2 is 1.94 bits per heavy atom. The maximum absolute atomic E-state index is 11.7. The highest BCUT2D eigenvalue weighted by atomic mass is 16.5. The quantitative estimate of drug-likeness (QED) is 0.668. The molecule has 0 aromatic heterocycles. The van der Waals surface area contributed by atoms with Gasteiger partial charge in [-0.1, -0.05) is 6.07 Å². The summed E-state index contributed by atoms with van der Waals surface area (Å²) in [6, 6.07) is 6.88. The molecule has 2 amide bonds. The fourth-order valence-corrected chi connectivity index (χ4v) is 1.68. The molecule has 1 aliphatic heterocycles. The monoisotopic (exact) mass is 230 g/mol. The summed E-state index contributed by atoms with van der Waals surface area (Å²) in [7, 11) is 0.